The highest BCUT2D eigenvalue weighted by Gasteiger charge is 2.39. The predicted octanol–water partition coefficient (Wildman–Crippen LogP) is 4.07. The summed E-state index contributed by atoms with van der Waals surface area (Å²) < 4.78 is 48.0. The van der Waals surface area contributed by atoms with Gasteiger partial charge in [-0.3, -0.25) is 20.4 Å². The van der Waals surface area contributed by atoms with E-state index in [0.29, 0.717) is 0 Å². The van der Waals surface area contributed by atoms with Crippen LogP contribution in [0.1, 0.15) is 51.2 Å². The molecule has 1 aromatic heterocycles. The number of ether oxygens (including phenoxy) is 1. The molecule has 0 saturated carbocycles. The number of alkyl halides is 2. The maximum absolute atomic E-state index is 14.7. The quantitative estimate of drug-likeness (QED) is 0.572. The first kappa shape index (κ1) is 22.2. The SMILES string of the molecule is CC(C)(C)OC(=O)NC1=NC(C)(c2cc([N+](=O)[O-])ccc2F)Cn2c1cnc2C(F)F. The fourth-order valence-corrected chi connectivity index (χ4v) is 3.24. The highest BCUT2D eigenvalue weighted by molar-refractivity contribution is 6.06. The molecule has 0 fully saturated rings. The number of aliphatic imine (C=N–C) groups is 1. The van der Waals surface area contributed by atoms with Crippen LogP contribution < -0.4 is 5.32 Å². The van der Waals surface area contributed by atoms with Crippen molar-refractivity contribution in [3.8, 4) is 0 Å². The van der Waals surface area contributed by atoms with E-state index < -0.39 is 40.2 Å². The summed E-state index contributed by atoms with van der Waals surface area (Å²) in [6.07, 6.45) is -2.74. The van der Waals surface area contributed by atoms with Crippen LogP contribution in [0.25, 0.3) is 0 Å². The Hall–Kier alpha value is -3.44. The van der Waals surface area contributed by atoms with Gasteiger partial charge in [-0.05, 0) is 33.8 Å². The summed E-state index contributed by atoms with van der Waals surface area (Å²) in [5, 5.41) is 13.5. The van der Waals surface area contributed by atoms with Gasteiger partial charge >= 0.3 is 6.09 Å². The lowest BCUT2D eigenvalue weighted by molar-refractivity contribution is -0.385. The van der Waals surface area contributed by atoms with Crippen molar-refractivity contribution in [2.24, 2.45) is 4.99 Å². The number of carbonyl (C=O) groups is 1. The second kappa shape index (κ2) is 7.67. The van der Waals surface area contributed by atoms with Crippen molar-refractivity contribution in [1.82, 2.24) is 14.9 Å². The maximum Gasteiger partial charge on any atom is 0.413 e. The van der Waals surface area contributed by atoms with Crippen LogP contribution in [0.2, 0.25) is 0 Å². The number of benzene rings is 1. The van der Waals surface area contributed by atoms with Gasteiger partial charge < -0.3 is 9.30 Å². The topological polar surface area (TPSA) is 112 Å². The molecule has 31 heavy (non-hydrogen) atoms. The van der Waals surface area contributed by atoms with E-state index in [1.165, 1.54) is 6.92 Å². The summed E-state index contributed by atoms with van der Waals surface area (Å²) >= 11 is 0. The number of halogens is 3. The first-order valence-electron chi connectivity index (χ1n) is 9.19. The highest BCUT2D eigenvalue weighted by atomic mass is 19.3. The minimum atomic E-state index is -2.95. The van der Waals surface area contributed by atoms with E-state index in [0.717, 1.165) is 29.0 Å². The number of imidazole rings is 1. The Labute approximate surface area is 175 Å². The number of hydrogen-bond acceptors (Lipinski definition) is 6. The minimum Gasteiger partial charge on any atom is -0.444 e. The smallest absolute Gasteiger partial charge is 0.413 e. The van der Waals surface area contributed by atoms with Crippen LogP contribution in [0.15, 0.2) is 29.4 Å². The first-order valence-corrected chi connectivity index (χ1v) is 9.19. The molecule has 1 N–H and O–H groups in total. The van der Waals surface area contributed by atoms with Gasteiger partial charge in [0, 0.05) is 17.7 Å². The van der Waals surface area contributed by atoms with Gasteiger partial charge in [0.05, 0.1) is 17.7 Å². The Morgan fingerprint density at radius 2 is 2.06 bits per heavy atom. The number of alkyl carbamates (subject to hydrolysis) is 1. The normalized spacial score (nSPS) is 18.4. The van der Waals surface area contributed by atoms with Gasteiger partial charge in [0.25, 0.3) is 12.1 Å². The molecule has 0 aliphatic carbocycles. The molecule has 3 rings (SSSR count). The van der Waals surface area contributed by atoms with E-state index >= 15 is 0 Å². The van der Waals surface area contributed by atoms with E-state index in [4.69, 9.17) is 4.74 Å². The van der Waals surface area contributed by atoms with Crippen LogP contribution in [0, 0.1) is 15.9 Å². The molecule has 12 heteroatoms. The summed E-state index contributed by atoms with van der Waals surface area (Å²) in [7, 11) is 0. The zero-order chi connectivity index (χ0) is 23.1. The number of nitro groups is 1. The first-order chi connectivity index (χ1) is 14.3. The molecule has 2 heterocycles. The van der Waals surface area contributed by atoms with Gasteiger partial charge in [-0.2, -0.15) is 0 Å². The van der Waals surface area contributed by atoms with E-state index in [1.54, 1.807) is 20.8 Å². The predicted molar refractivity (Wildman–Crippen MR) is 103 cm³/mol. The van der Waals surface area contributed by atoms with Crippen molar-refractivity contribution in [2.75, 3.05) is 0 Å². The van der Waals surface area contributed by atoms with E-state index in [9.17, 15) is 28.1 Å². The molecule has 1 unspecified atom stereocenters. The van der Waals surface area contributed by atoms with Crippen molar-refractivity contribution >= 4 is 17.6 Å². The van der Waals surface area contributed by atoms with Crippen LogP contribution in [-0.4, -0.2) is 32.0 Å². The number of amidine groups is 1. The molecule has 1 aromatic carbocycles. The van der Waals surface area contributed by atoms with Crippen molar-refractivity contribution in [3.05, 3.63) is 57.4 Å². The molecule has 0 spiro atoms. The summed E-state index contributed by atoms with van der Waals surface area (Å²) in [4.78, 5) is 30.8. The summed E-state index contributed by atoms with van der Waals surface area (Å²) in [6, 6.07) is 2.89. The third-order valence-corrected chi connectivity index (χ3v) is 4.51. The van der Waals surface area contributed by atoms with Crippen molar-refractivity contribution < 1.29 is 27.6 Å². The number of amides is 1. The van der Waals surface area contributed by atoms with Crippen LogP contribution in [-0.2, 0) is 16.8 Å². The summed E-state index contributed by atoms with van der Waals surface area (Å²) in [5.41, 5.74) is -2.91. The van der Waals surface area contributed by atoms with Crippen molar-refractivity contribution in [3.63, 3.8) is 0 Å². The Morgan fingerprint density at radius 1 is 1.39 bits per heavy atom. The molecular formula is C19H20F3N5O4. The Morgan fingerprint density at radius 3 is 2.65 bits per heavy atom. The van der Waals surface area contributed by atoms with Gasteiger partial charge in [-0.25, -0.2) is 22.9 Å². The van der Waals surface area contributed by atoms with Gasteiger partial charge in [0.2, 0.25) is 0 Å². The summed E-state index contributed by atoms with van der Waals surface area (Å²) in [5.74, 6) is -1.59. The highest BCUT2D eigenvalue weighted by Crippen LogP contribution is 2.37. The lowest BCUT2D eigenvalue weighted by atomic mass is 9.90. The fourth-order valence-electron chi connectivity index (χ4n) is 3.24. The molecule has 1 aliphatic rings. The van der Waals surface area contributed by atoms with Crippen molar-refractivity contribution in [1.29, 1.82) is 0 Å². The average Bonchev–Trinajstić information content (AvgIpc) is 3.03. The van der Waals surface area contributed by atoms with Gasteiger partial charge in [-0.1, -0.05) is 0 Å². The molecule has 1 amide bonds. The second-order valence-corrected chi connectivity index (χ2v) is 8.17. The van der Waals surface area contributed by atoms with Crippen LogP contribution in [0.5, 0.6) is 0 Å². The Kier molecular flexibility index (Phi) is 5.51. The molecule has 0 saturated heterocycles. The van der Waals surface area contributed by atoms with Crippen molar-refractivity contribution in [2.45, 2.75) is 51.8 Å². The molecule has 166 valence electrons. The molecule has 0 bridgehead atoms. The van der Waals surface area contributed by atoms with Gasteiger partial charge in [0.1, 0.15) is 22.7 Å². The average molecular weight is 439 g/mol. The standard InChI is InChI=1S/C19H20F3N5O4/c1-18(2,3)31-17(28)24-15-13-8-23-16(14(21)22)26(13)9-19(4,25-15)11-7-10(27(29)30)5-6-12(11)20/h5-8,14H,9H2,1-4H3,(H,24,25,28). The number of rotatable bonds is 3. The zero-order valence-corrected chi connectivity index (χ0v) is 17.1. The fraction of sp³-hybridized carbons (Fsp3) is 0.421. The van der Waals surface area contributed by atoms with Crippen LogP contribution >= 0.6 is 0 Å². The number of nitrogens with zero attached hydrogens (tertiary/aromatic N) is 4. The number of nitro benzene ring substituents is 1. The van der Waals surface area contributed by atoms with Crippen LogP contribution in [0.4, 0.5) is 23.7 Å². The number of non-ortho nitro benzene ring substituents is 1. The maximum atomic E-state index is 14.7. The van der Waals surface area contributed by atoms with Crippen LogP contribution in [0.3, 0.4) is 0 Å². The number of fused-ring (bicyclic) bond motifs is 1. The Balaban J connectivity index is 2.13. The number of aromatic nitrogens is 2. The molecule has 2 aromatic rings. The van der Waals surface area contributed by atoms with E-state index in [2.05, 4.69) is 15.3 Å². The van der Waals surface area contributed by atoms with Gasteiger partial charge in [0.15, 0.2) is 11.7 Å². The Bertz CT molecular complexity index is 1080. The lowest BCUT2D eigenvalue weighted by Crippen LogP contribution is -2.43. The summed E-state index contributed by atoms with van der Waals surface area (Å²) in [6.45, 7) is 6.05. The molecule has 0 radical (unpaired) electrons. The number of carbonyl (C=O) groups excluding carboxylic acids is 1. The van der Waals surface area contributed by atoms with E-state index in [-0.39, 0.29) is 29.3 Å². The largest absolute Gasteiger partial charge is 0.444 e. The third-order valence-electron chi connectivity index (χ3n) is 4.51. The van der Waals surface area contributed by atoms with Gasteiger partial charge in [-0.15, -0.1) is 0 Å². The molecular weight excluding hydrogens is 419 g/mol. The molecule has 1 atom stereocenters. The number of hydrogen-bond donors (Lipinski definition) is 1. The third kappa shape index (κ3) is 4.52. The molecule has 9 nitrogen and oxygen atoms in total. The number of nitrogens with one attached hydrogen (secondary N) is 1. The second-order valence-electron chi connectivity index (χ2n) is 8.17. The monoisotopic (exact) mass is 439 g/mol. The zero-order valence-electron chi connectivity index (χ0n) is 17.1. The minimum absolute atomic E-state index is 0.0736. The molecule has 1 aliphatic heterocycles. The van der Waals surface area contributed by atoms with E-state index in [1.807, 2.05) is 0 Å². The lowest BCUT2D eigenvalue weighted by Gasteiger charge is -2.33.